The summed E-state index contributed by atoms with van der Waals surface area (Å²) in [5.74, 6) is -0.578. The minimum absolute atomic E-state index is 0.153. The molecule has 1 rings (SSSR count). The van der Waals surface area contributed by atoms with Crippen LogP contribution in [-0.4, -0.2) is 11.1 Å². The number of hydrogen-bond acceptors (Lipinski definition) is 1. The van der Waals surface area contributed by atoms with Crippen LogP contribution >= 0.6 is 0 Å². The Hall–Kier alpha value is -0.790. The summed E-state index contributed by atoms with van der Waals surface area (Å²) in [6, 6.07) is 0. The van der Waals surface area contributed by atoms with Crippen LogP contribution in [0.1, 0.15) is 26.7 Å². The van der Waals surface area contributed by atoms with E-state index in [9.17, 15) is 4.79 Å². The fourth-order valence-electron chi connectivity index (χ4n) is 1.58. The maximum atomic E-state index is 10.7. The van der Waals surface area contributed by atoms with Crippen LogP contribution in [0.15, 0.2) is 11.6 Å². The van der Waals surface area contributed by atoms with Crippen LogP contribution in [0.5, 0.6) is 0 Å². The monoisotopic (exact) mass is 154 g/mol. The van der Waals surface area contributed by atoms with Crippen molar-refractivity contribution in [2.24, 2.45) is 11.8 Å². The van der Waals surface area contributed by atoms with Gasteiger partial charge >= 0.3 is 5.97 Å². The third-order valence-corrected chi connectivity index (χ3v) is 2.58. The molecule has 1 aliphatic carbocycles. The normalized spacial score (nSPS) is 31.3. The van der Waals surface area contributed by atoms with Gasteiger partial charge in [0.05, 0.1) is 5.92 Å². The molecule has 11 heavy (non-hydrogen) atoms. The molecule has 0 fully saturated rings. The smallest absolute Gasteiger partial charge is 0.307 e. The van der Waals surface area contributed by atoms with E-state index in [1.54, 1.807) is 0 Å². The predicted molar refractivity (Wildman–Crippen MR) is 43.3 cm³/mol. The summed E-state index contributed by atoms with van der Waals surface area (Å²) in [5, 5.41) is 8.80. The molecule has 2 nitrogen and oxygen atoms in total. The first-order chi connectivity index (χ1) is 5.13. The largest absolute Gasteiger partial charge is 0.481 e. The van der Waals surface area contributed by atoms with Gasteiger partial charge in [0.25, 0.3) is 0 Å². The quantitative estimate of drug-likeness (QED) is 0.587. The number of rotatable bonds is 1. The third-order valence-electron chi connectivity index (χ3n) is 2.58. The lowest BCUT2D eigenvalue weighted by molar-refractivity contribution is -0.143. The number of carboxylic acid groups (broad SMARTS) is 1. The lowest BCUT2D eigenvalue weighted by Crippen LogP contribution is -2.24. The maximum absolute atomic E-state index is 10.7. The Bertz CT molecular complexity index is 194. The van der Waals surface area contributed by atoms with Gasteiger partial charge in [0.2, 0.25) is 0 Å². The fourth-order valence-corrected chi connectivity index (χ4v) is 1.58. The Kier molecular flexibility index (Phi) is 2.32. The number of carbonyl (C=O) groups is 1. The summed E-state index contributed by atoms with van der Waals surface area (Å²) in [5.41, 5.74) is 1.23. The van der Waals surface area contributed by atoms with Crippen LogP contribution in [0.4, 0.5) is 0 Å². The van der Waals surface area contributed by atoms with E-state index in [2.05, 4.69) is 6.08 Å². The second-order valence-electron chi connectivity index (χ2n) is 3.26. The number of allylic oxidation sites excluding steroid dienone is 2. The molecular weight excluding hydrogens is 140 g/mol. The number of carboxylic acids is 1. The van der Waals surface area contributed by atoms with Crippen LogP contribution in [0, 0.1) is 11.8 Å². The Morgan fingerprint density at radius 3 is 2.82 bits per heavy atom. The Morgan fingerprint density at radius 1 is 1.73 bits per heavy atom. The summed E-state index contributed by atoms with van der Waals surface area (Å²) in [6.45, 7) is 4.00. The second kappa shape index (κ2) is 3.07. The predicted octanol–water partition coefficient (Wildman–Crippen LogP) is 2.06. The number of hydrogen-bond donors (Lipinski definition) is 1. The molecule has 0 bridgehead atoms. The summed E-state index contributed by atoms with van der Waals surface area (Å²) in [6.07, 6.45) is 3.87. The van der Waals surface area contributed by atoms with Crippen molar-refractivity contribution in [3.63, 3.8) is 0 Å². The highest BCUT2D eigenvalue weighted by Crippen LogP contribution is 2.29. The van der Waals surface area contributed by atoms with Gasteiger partial charge in [0.1, 0.15) is 0 Å². The Morgan fingerprint density at radius 2 is 2.36 bits per heavy atom. The first kappa shape index (κ1) is 8.31. The Labute approximate surface area is 66.9 Å². The van der Waals surface area contributed by atoms with Crippen molar-refractivity contribution in [2.75, 3.05) is 0 Å². The second-order valence-corrected chi connectivity index (χ2v) is 3.26. The van der Waals surface area contributed by atoms with E-state index < -0.39 is 5.97 Å². The van der Waals surface area contributed by atoms with Gasteiger partial charge in [-0.25, -0.2) is 0 Å². The SMILES string of the molecule is CC1=CCC[C@@H](C(=O)O)[C@@H]1C. The first-order valence-electron chi connectivity index (χ1n) is 4.02. The van der Waals surface area contributed by atoms with E-state index >= 15 is 0 Å². The molecule has 0 aromatic rings. The molecule has 0 aromatic heterocycles. The maximum Gasteiger partial charge on any atom is 0.307 e. The van der Waals surface area contributed by atoms with Crippen molar-refractivity contribution >= 4 is 5.97 Å². The van der Waals surface area contributed by atoms with Crippen LogP contribution in [0.3, 0.4) is 0 Å². The molecule has 0 aliphatic heterocycles. The highest BCUT2D eigenvalue weighted by molar-refractivity contribution is 5.71. The molecule has 1 aliphatic rings. The van der Waals surface area contributed by atoms with Crippen LogP contribution in [-0.2, 0) is 4.79 Å². The first-order valence-corrected chi connectivity index (χ1v) is 4.02. The molecule has 0 unspecified atom stereocenters. The Balaban J connectivity index is 2.72. The standard InChI is InChI=1S/C9H14O2/c1-6-4-3-5-8(7(6)2)9(10)11/h4,7-8H,3,5H2,1-2H3,(H,10,11)/t7-,8-/m1/s1. The minimum atomic E-state index is -0.648. The molecule has 0 saturated carbocycles. The van der Waals surface area contributed by atoms with Gasteiger partial charge in [-0.2, -0.15) is 0 Å². The zero-order valence-corrected chi connectivity index (χ0v) is 7.00. The molecule has 0 saturated heterocycles. The van der Waals surface area contributed by atoms with E-state index in [4.69, 9.17) is 5.11 Å². The van der Waals surface area contributed by atoms with E-state index in [0.29, 0.717) is 0 Å². The van der Waals surface area contributed by atoms with Crippen LogP contribution in [0.25, 0.3) is 0 Å². The average Bonchev–Trinajstić information content (AvgIpc) is 1.94. The third kappa shape index (κ3) is 1.62. The summed E-state index contributed by atoms with van der Waals surface area (Å²) < 4.78 is 0. The van der Waals surface area contributed by atoms with Gasteiger partial charge in [-0.15, -0.1) is 0 Å². The van der Waals surface area contributed by atoms with Crippen molar-refractivity contribution in [3.8, 4) is 0 Å². The van der Waals surface area contributed by atoms with Gasteiger partial charge in [-0.05, 0) is 25.7 Å². The highest BCUT2D eigenvalue weighted by Gasteiger charge is 2.27. The van der Waals surface area contributed by atoms with Gasteiger partial charge in [-0.3, -0.25) is 4.79 Å². The van der Waals surface area contributed by atoms with E-state index in [0.717, 1.165) is 12.8 Å². The molecule has 2 heteroatoms. The van der Waals surface area contributed by atoms with Crippen LogP contribution < -0.4 is 0 Å². The molecule has 2 atom stereocenters. The van der Waals surface area contributed by atoms with Crippen molar-refractivity contribution in [2.45, 2.75) is 26.7 Å². The summed E-state index contributed by atoms with van der Waals surface area (Å²) in [4.78, 5) is 10.7. The molecule has 0 aromatic carbocycles. The van der Waals surface area contributed by atoms with Gasteiger partial charge in [0, 0.05) is 0 Å². The average molecular weight is 154 g/mol. The van der Waals surface area contributed by atoms with E-state index in [-0.39, 0.29) is 11.8 Å². The molecule has 0 spiro atoms. The lowest BCUT2D eigenvalue weighted by atomic mass is 9.80. The summed E-state index contributed by atoms with van der Waals surface area (Å²) >= 11 is 0. The topological polar surface area (TPSA) is 37.3 Å². The molecule has 0 amide bonds. The molecule has 62 valence electrons. The highest BCUT2D eigenvalue weighted by atomic mass is 16.4. The zero-order chi connectivity index (χ0) is 8.43. The minimum Gasteiger partial charge on any atom is -0.481 e. The number of aliphatic carboxylic acids is 1. The molecule has 0 radical (unpaired) electrons. The van der Waals surface area contributed by atoms with Gasteiger partial charge < -0.3 is 5.11 Å². The van der Waals surface area contributed by atoms with Crippen molar-refractivity contribution in [3.05, 3.63) is 11.6 Å². The zero-order valence-electron chi connectivity index (χ0n) is 7.00. The van der Waals surface area contributed by atoms with Crippen LogP contribution in [0.2, 0.25) is 0 Å². The summed E-state index contributed by atoms with van der Waals surface area (Å²) in [7, 11) is 0. The van der Waals surface area contributed by atoms with Crippen molar-refractivity contribution in [1.29, 1.82) is 0 Å². The fraction of sp³-hybridized carbons (Fsp3) is 0.667. The van der Waals surface area contributed by atoms with Crippen molar-refractivity contribution < 1.29 is 9.90 Å². The van der Waals surface area contributed by atoms with E-state index in [1.807, 2.05) is 13.8 Å². The van der Waals surface area contributed by atoms with E-state index in [1.165, 1.54) is 5.57 Å². The van der Waals surface area contributed by atoms with Gasteiger partial charge in [-0.1, -0.05) is 18.6 Å². The van der Waals surface area contributed by atoms with Gasteiger partial charge in [0.15, 0.2) is 0 Å². The molecule has 1 N–H and O–H groups in total. The molecular formula is C9H14O2. The molecule has 0 heterocycles. The lowest BCUT2D eigenvalue weighted by Gasteiger charge is -2.24. The van der Waals surface area contributed by atoms with Crippen molar-refractivity contribution in [1.82, 2.24) is 0 Å².